The first-order valence-electron chi connectivity index (χ1n) is 9.91. The van der Waals surface area contributed by atoms with Gasteiger partial charge in [0, 0.05) is 25.3 Å². The molecule has 24 heavy (non-hydrogen) atoms. The number of hydrogen-bond donors (Lipinski definition) is 1. The van der Waals surface area contributed by atoms with E-state index in [1.54, 1.807) is 0 Å². The standard InChI is InChI=1S/C19H32N2O3/c20-13-15-12-18(7-9-23-10-8-18)21(14-15)17(22)11-16-3-1-4-19(24-16)5-2-6-19/h15-16H,1-14,20H2. The van der Waals surface area contributed by atoms with Crippen LogP contribution in [0.5, 0.6) is 0 Å². The van der Waals surface area contributed by atoms with E-state index in [1.807, 2.05) is 0 Å². The van der Waals surface area contributed by atoms with E-state index in [2.05, 4.69) is 4.90 Å². The summed E-state index contributed by atoms with van der Waals surface area (Å²) in [5, 5.41) is 0. The highest BCUT2D eigenvalue weighted by atomic mass is 16.5. The maximum Gasteiger partial charge on any atom is 0.225 e. The normalized spacial score (nSPS) is 34.5. The van der Waals surface area contributed by atoms with Crippen LogP contribution in [0.4, 0.5) is 0 Å². The number of likely N-dealkylation sites (tertiary alicyclic amines) is 1. The summed E-state index contributed by atoms with van der Waals surface area (Å²) in [6, 6.07) is 0. The summed E-state index contributed by atoms with van der Waals surface area (Å²) in [5.74, 6) is 0.728. The summed E-state index contributed by atoms with van der Waals surface area (Å²) in [6.45, 7) is 3.04. The first-order chi connectivity index (χ1) is 11.6. The van der Waals surface area contributed by atoms with Gasteiger partial charge in [0.2, 0.25) is 5.91 Å². The molecule has 4 fully saturated rings. The molecule has 136 valence electrons. The van der Waals surface area contributed by atoms with E-state index in [9.17, 15) is 4.79 Å². The molecule has 2 N–H and O–H groups in total. The van der Waals surface area contributed by atoms with Gasteiger partial charge in [0.1, 0.15) is 0 Å². The molecule has 0 aromatic carbocycles. The molecule has 3 saturated heterocycles. The zero-order valence-electron chi connectivity index (χ0n) is 14.8. The maximum absolute atomic E-state index is 13.1. The fraction of sp³-hybridized carbons (Fsp3) is 0.947. The van der Waals surface area contributed by atoms with Gasteiger partial charge in [-0.3, -0.25) is 4.79 Å². The van der Waals surface area contributed by atoms with Gasteiger partial charge in [0.15, 0.2) is 0 Å². The number of carbonyl (C=O) groups excluding carboxylic acids is 1. The third kappa shape index (κ3) is 2.99. The molecular formula is C19H32N2O3. The molecule has 0 aromatic rings. The SMILES string of the molecule is NCC1CN(C(=O)CC2CCCC3(CCC3)O2)C2(CCOCC2)C1. The van der Waals surface area contributed by atoms with Crippen molar-refractivity contribution < 1.29 is 14.3 Å². The second-order valence-corrected chi connectivity index (χ2v) is 8.52. The first-order valence-corrected chi connectivity index (χ1v) is 9.91. The molecule has 5 heteroatoms. The quantitative estimate of drug-likeness (QED) is 0.858. The highest BCUT2D eigenvalue weighted by molar-refractivity contribution is 5.78. The van der Waals surface area contributed by atoms with E-state index in [4.69, 9.17) is 15.2 Å². The Labute approximate surface area is 145 Å². The summed E-state index contributed by atoms with van der Waals surface area (Å²) in [6.07, 6.45) is 10.8. The van der Waals surface area contributed by atoms with Crippen molar-refractivity contribution in [2.45, 2.75) is 81.5 Å². The van der Waals surface area contributed by atoms with E-state index in [0.717, 1.165) is 45.4 Å². The van der Waals surface area contributed by atoms with Crippen LogP contribution in [-0.4, -0.2) is 54.4 Å². The fourth-order valence-electron chi connectivity index (χ4n) is 5.42. The van der Waals surface area contributed by atoms with Crippen LogP contribution in [0.15, 0.2) is 0 Å². The number of carbonyl (C=O) groups is 1. The van der Waals surface area contributed by atoms with Crippen LogP contribution in [0, 0.1) is 5.92 Å². The summed E-state index contributed by atoms with van der Waals surface area (Å²) >= 11 is 0. The fourth-order valence-corrected chi connectivity index (χ4v) is 5.42. The van der Waals surface area contributed by atoms with Gasteiger partial charge in [-0.15, -0.1) is 0 Å². The Morgan fingerprint density at radius 2 is 1.88 bits per heavy atom. The van der Waals surface area contributed by atoms with E-state index in [1.165, 1.54) is 32.1 Å². The van der Waals surface area contributed by atoms with Gasteiger partial charge in [-0.25, -0.2) is 0 Å². The van der Waals surface area contributed by atoms with Crippen molar-refractivity contribution in [2.75, 3.05) is 26.3 Å². The lowest BCUT2D eigenvalue weighted by Gasteiger charge is -2.48. The third-order valence-corrected chi connectivity index (χ3v) is 6.98. The largest absolute Gasteiger partial charge is 0.381 e. The molecule has 2 atom stereocenters. The van der Waals surface area contributed by atoms with Gasteiger partial charge in [-0.1, -0.05) is 0 Å². The Hall–Kier alpha value is -0.650. The Morgan fingerprint density at radius 3 is 2.54 bits per heavy atom. The Morgan fingerprint density at radius 1 is 1.12 bits per heavy atom. The average Bonchev–Trinajstić information content (AvgIpc) is 2.92. The summed E-state index contributed by atoms with van der Waals surface area (Å²) in [4.78, 5) is 15.3. The molecule has 1 amide bonds. The van der Waals surface area contributed by atoms with Crippen molar-refractivity contribution in [1.29, 1.82) is 0 Å². The number of rotatable bonds is 3. The number of hydrogen-bond acceptors (Lipinski definition) is 4. The molecule has 0 radical (unpaired) electrons. The van der Waals surface area contributed by atoms with Gasteiger partial charge in [-0.2, -0.15) is 0 Å². The molecule has 0 bridgehead atoms. The van der Waals surface area contributed by atoms with Gasteiger partial charge < -0.3 is 20.1 Å². The molecule has 1 aliphatic carbocycles. The minimum absolute atomic E-state index is 0.00218. The van der Waals surface area contributed by atoms with Gasteiger partial charge in [0.25, 0.3) is 0 Å². The van der Waals surface area contributed by atoms with E-state index in [0.29, 0.717) is 18.9 Å². The second-order valence-electron chi connectivity index (χ2n) is 8.52. The van der Waals surface area contributed by atoms with Crippen LogP contribution >= 0.6 is 0 Å². The van der Waals surface area contributed by atoms with E-state index in [-0.39, 0.29) is 23.2 Å². The predicted octanol–water partition coefficient (Wildman–Crippen LogP) is 2.22. The second kappa shape index (κ2) is 6.58. The zero-order valence-corrected chi connectivity index (χ0v) is 14.8. The molecule has 4 rings (SSSR count). The zero-order chi connectivity index (χ0) is 16.6. The molecule has 5 nitrogen and oxygen atoms in total. The Balaban J connectivity index is 1.42. The highest BCUT2D eigenvalue weighted by Gasteiger charge is 2.49. The van der Waals surface area contributed by atoms with E-state index >= 15 is 0 Å². The van der Waals surface area contributed by atoms with Crippen molar-refractivity contribution in [3.05, 3.63) is 0 Å². The number of amides is 1. The molecular weight excluding hydrogens is 304 g/mol. The molecule has 1 saturated carbocycles. The van der Waals surface area contributed by atoms with Gasteiger partial charge in [0.05, 0.1) is 18.1 Å². The smallest absolute Gasteiger partial charge is 0.225 e. The lowest BCUT2D eigenvalue weighted by atomic mass is 9.74. The third-order valence-electron chi connectivity index (χ3n) is 6.98. The topological polar surface area (TPSA) is 64.8 Å². The van der Waals surface area contributed by atoms with Gasteiger partial charge in [-0.05, 0) is 70.3 Å². The number of nitrogens with zero attached hydrogens (tertiary/aromatic N) is 1. The lowest BCUT2D eigenvalue weighted by Crippen LogP contribution is -2.52. The van der Waals surface area contributed by atoms with Crippen molar-refractivity contribution in [2.24, 2.45) is 11.7 Å². The van der Waals surface area contributed by atoms with E-state index < -0.39 is 0 Å². The Bertz CT molecular complexity index is 471. The molecule has 0 aromatic heterocycles. The van der Waals surface area contributed by atoms with Crippen molar-refractivity contribution in [3.63, 3.8) is 0 Å². The lowest BCUT2D eigenvalue weighted by molar-refractivity contribution is -0.177. The molecule has 4 aliphatic rings. The van der Waals surface area contributed by atoms with Crippen LogP contribution in [0.25, 0.3) is 0 Å². The predicted molar refractivity (Wildman–Crippen MR) is 91.6 cm³/mol. The van der Waals surface area contributed by atoms with Crippen molar-refractivity contribution in [1.82, 2.24) is 4.90 Å². The number of ether oxygens (including phenoxy) is 2. The summed E-state index contributed by atoms with van der Waals surface area (Å²) in [5.41, 5.74) is 6.07. The molecule has 2 unspecified atom stereocenters. The summed E-state index contributed by atoms with van der Waals surface area (Å²) < 4.78 is 11.9. The van der Waals surface area contributed by atoms with Crippen LogP contribution < -0.4 is 5.73 Å². The molecule has 3 aliphatic heterocycles. The highest BCUT2D eigenvalue weighted by Crippen LogP contribution is 2.45. The average molecular weight is 336 g/mol. The number of nitrogens with two attached hydrogens (primary N) is 1. The Kier molecular flexibility index (Phi) is 4.61. The first kappa shape index (κ1) is 16.8. The van der Waals surface area contributed by atoms with Crippen LogP contribution in [0.2, 0.25) is 0 Å². The minimum Gasteiger partial charge on any atom is -0.381 e. The monoisotopic (exact) mass is 336 g/mol. The van der Waals surface area contributed by atoms with Crippen molar-refractivity contribution in [3.8, 4) is 0 Å². The minimum atomic E-state index is 0.00218. The maximum atomic E-state index is 13.1. The summed E-state index contributed by atoms with van der Waals surface area (Å²) in [7, 11) is 0. The van der Waals surface area contributed by atoms with Crippen LogP contribution in [0.3, 0.4) is 0 Å². The van der Waals surface area contributed by atoms with Gasteiger partial charge >= 0.3 is 0 Å². The molecule has 3 heterocycles. The van der Waals surface area contributed by atoms with Crippen LogP contribution in [0.1, 0.15) is 64.2 Å². The molecule has 2 spiro atoms. The van der Waals surface area contributed by atoms with Crippen LogP contribution in [-0.2, 0) is 14.3 Å². The van der Waals surface area contributed by atoms with Crippen molar-refractivity contribution >= 4 is 5.91 Å².